The van der Waals surface area contributed by atoms with E-state index in [1.54, 1.807) is 0 Å². The first-order valence-electron chi connectivity index (χ1n) is 3.87. The molecule has 3 heteroatoms. The Morgan fingerprint density at radius 3 is 2.42 bits per heavy atom. The number of rotatable bonds is 1. The molecule has 1 heterocycles. The summed E-state index contributed by atoms with van der Waals surface area (Å²) < 4.78 is 0. The van der Waals surface area contributed by atoms with E-state index >= 15 is 0 Å². The normalized spacial score (nSPS) is 28.6. The van der Waals surface area contributed by atoms with Crippen molar-refractivity contribution in [1.82, 2.24) is 4.90 Å². The van der Waals surface area contributed by atoms with Crippen molar-refractivity contribution in [2.24, 2.45) is 5.92 Å². The smallest absolute Gasteiger partial charge is 0.0826 e. The Morgan fingerprint density at radius 2 is 2.17 bits per heavy atom. The summed E-state index contributed by atoms with van der Waals surface area (Å²) in [5.41, 5.74) is 0. The van der Waals surface area contributed by atoms with Gasteiger partial charge in [-0.2, -0.15) is 5.26 Å². The first-order chi connectivity index (χ1) is 5.16. The first kappa shape index (κ1) is 12.3. The minimum absolute atomic E-state index is 0. The average molecular weight is 238 g/mol. The topological polar surface area (TPSA) is 27.0 Å². The Kier molecular flexibility index (Phi) is 5.24. The largest absolute Gasteiger partial charge is 0.480 e. The molecular weight excluding hydrogens is 225 g/mol. The van der Waals surface area contributed by atoms with Crippen LogP contribution in [0.2, 0.25) is 0 Å². The van der Waals surface area contributed by atoms with E-state index in [1.165, 1.54) is 0 Å². The quantitative estimate of drug-likeness (QED) is 0.642. The Hall–Kier alpha value is 0.294. The molecule has 12 heavy (non-hydrogen) atoms. The van der Waals surface area contributed by atoms with E-state index in [2.05, 4.69) is 26.0 Å². The molecule has 0 N–H and O–H groups in total. The maximum atomic E-state index is 8.67. The van der Waals surface area contributed by atoms with Crippen molar-refractivity contribution in [3.63, 3.8) is 0 Å². The van der Waals surface area contributed by atoms with Gasteiger partial charge in [0.2, 0.25) is 0 Å². The van der Waals surface area contributed by atoms with Gasteiger partial charge in [0.1, 0.15) is 0 Å². The van der Waals surface area contributed by atoms with Crippen molar-refractivity contribution in [3.05, 3.63) is 12.2 Å². The van der Waals surface area contributed by atoms with Gasteiger partial charge >= 0.3 is 0 Å². The molecule has 1 rings (SSSR count). The van der Waals surface area contributed by atoms with Gasteiger partial charge in [0.25, 0.3) is 0 Å². The van der Waals surface area contributed by atoms with Gasteiger partial charge in [0.15, 0.2) is 0 Å². The summed E-state index contributed by atoms with van der Waals surface area (Å²) in [4.78, 5) is 2.05. The van der Waals surface area contributed by atoms with Crippen molar-refractivity contribution >= 4 is 0 Å². The van der Waals surface area contributed by atoms with Crippen LogP contribution in [0.25, 0.3) is 0 Å². The third-order valence-corrected chi connectivity index (χ3v) is 2.07. The van der Waals surface area contributed by atoms with E-state index in [4.69, 9.17) is 5.26 Å². The second-order valence-corrected chi connectivity index (χ2v) is 3.26. The molecule has 63 valence electrons. The van der Waals surface area contributed by atoms with Crippen molar-refractivity contribution < 1.29 is 32.7 Å². The average Bonchev–Trinajstić information content (AvgIpc) is 2.30. The van der Waals surface area contributed by atoms with Crippen LogP contribution >= 0.6 is 0 Å². The molecule has 0 saturated heterocycles. The van der Waals surface area contributed by atoms with Crippen LogP contribution < -0.4 is 0 Å². The Bertz CT molecular complexity index is 205. The second kappa shape index (κ2) is 5.12. The van der Waals surface area contributed by atoms with Crippen molar-refractivity contribution in [2.75, 3.05) is 7.05 Å². The van der Waals surface area contributed by atoms with Crippen molar-refractivity contribution in [1.29, 1.82) is 5.26 Å². The summed E-state index contributed by atoms with van der Waals surface area (Å²) in [6.45, 7) is 4.28. The van der Waals surface area contributed by atoms with Crippen LogP contribution in [0.15, 0.2) is 6.08 Å². The van der Waals surface area contributed by atoms with E-state index in [1.807, 2.05) is 18.0 Å². The summed E-state index contributed by atoms with van der Waals surface area (Å²) >= 11 is 0. The Morgan fingerprint density at radius 1 is 1.58 bits per heavy atom. The zero-order valence-electron chi connectivity index (χ0n) is 7.78. The predicted octanol–water partition coefficient (Wildman–Crippen LogP) is 1.21. The summed E-state index contributed by atoms with van der Waals surface area (Å²) in [6.07, 6.45) is 5.04. The van der Waals surface area contributed by atoms with Crippen LogP contribution in [0, 0.1) is 23.3 Å². The zero-order chi connectivity index (χ0) is 8.43. The molecule has 1 radical (unpaired) electrons. The fourth-order valence-electron chi connectivity index (χ4n) is 1.39. The van der Waals surface area contributed by atoms with Crippen LogP contribution in [-0.4, -0.2) is 24.0 Å². The molecule has 0 aromatic rings. The van der Waals surface area contributed by atoms with Gasteiger partial charge in [0, 0.05) is 32.7 Å². The van der Waals surface area contributed by atoms with Gasteiger partial charge in [-0.1, -0.05) is 19.8 Å². The van der Waals surface area contributed by atoms with E-state index in [9.17, 15) is 0 Å². The predicted molar refractivity (Wildman–Crippen MR) is 43.6 cm³/mol. The number of likely N-dealkylation sites (N-methyl/N-ethyl adjacent to an activating group) is 1. The first-order valence-corrected chi connectivity index (χ1v) is 3.87. The van der Waals surface area contributed by atoms with Gasteiger partial charge in [-0.3, -0.25) is 0 Å². The molecule has 0 aromatic heterocycles. The fraction of sp³-hybridized carbons (Fsp3) is 0.667. The van der Waals surface area contributed by atoms with Gasteiger partial charge in [-0.25, -0.2) is 6.08 Å². The van der Waals surface area contributed by atoms with Crippen molar-refractivity contribution in [3.8, 4) is 6.07 Å². The molecule has 2 unspecified atom stereocenters. The van der Waals surface area contributed by atoms with E-state index in [-0.39, 0.29) is 38.8 Å². The minimum atomic E-state index is -0.0672. The molecule has 0 amide bonds. The standard InChI is InChI=1S/C9H13N2.Y/c1-7(2)9-5-4-8(6-10)11(9)3;/h4,7-9H,1-3H3;/q-1;. The van der Waals surface area contributed by atoms with Crippen LogP contribution in [0.3, 0.4) is 0 Å². The number of nitrogens with zero attached hydrogens (tertiary/aromatic N) is 2. The number of hydrogen-bond acceptors (Lipinski definition) is 2. The molecule has 0 fully saturated rings. The molecule has 0 bridgehead atoms. The summed E-state index contributed by atoms with van der Waals surface area (Å²) in [6, 6.07) is 2.46. The molecule has 0 saturated carbocycles. The summed E-state index contributed by atoms with van der Waals surface area (Å²) in [7, 11) is 1.97. The van der Waals surface area contributed by atoms with Gasteiger partial charge in [-0.15, -0.1) is 6.04 Å². The van der Waals surface area contributed by atoms with Crippen LogP contribution in [0.4, 0.5) is 0 Å². The molecule has 2 nitrogen and oxygen atoms in total. The molecule has 1 aliphatic rings. The Labute approximate surface area is 99.5 Å². The Balaban J connectivity index is 0.00000121. The maximum absolute atomic E-state index is 8.67. The monoisotopic (exact) mass is 238 g/mol. The van der Waals surface area contributed by atoms with Crippen molar-refractivity contribution in [2.45, 2.75) is 25.9 Å². The van der Waals surface area contributed by atoms with Gasteiger partial charge in [0.05, 0.1) is 12.1 Å². The van der Waals surface area contributed by atoms with E-state index < -0.39 is 0 Å². The minimum Gasteiger partial charge on any atom is -0.480 e. The van der Waals surface area contributed by atoms with Gasteiger partial charge in [-0.05, 0) is 7.05 Å². The summed E-state index contributed by atoms with van der Waals surface area (Å²) in [5.74, 6) is 0.537. The van der Waals surface area contributed by atoms with Gasteiger partial charge < -0.3 is 11.0 Å². The van der Waals surface area contributed by atoms with E-state index in [0.717, 1.165) is 0 Å². The second-order valence-electron chi connectivity index (χ2n) is 3.26. The molecular formula is C9H13N2Y-. The number of nitriles is 1. The SMILES string of the molecule is CC(C)C1[C-]=CC(C#N)N1C.[Y]. The van der Waals surface area contributed by atoms with Crippen LogP contribution in [0.1, 0.15) is 13.8 Å². The summed E-state index contributed by atoms with van der Waals surface area (Å²) in [5, 5.41) is 8.67. The van der Waals surface area contributed by atoms with Crippen LogP contribution in [-0.2, 0) is 32.7 Å². The molecule has 0 aliphatic carbocycles. The maximum Gasteiger partial charge on any atom is 0.0826 e. The number of hydrogen-bond donors (Lipinski definition) is 0. The molecule has 0 aromatic carbocycles. The fourth-order valence-corrected chi connectivity index (χ4v) is 1.39. The molecule has 0 spiro atoms. The molecule has 2 atom stereocenters. The van der Waals surface area contributed by atoms with Crippen LogP contribution in [0.5, 0.6) is 0 Å². The molecule has 1 aliphatic heterocycles. The third kappa shape index (κ3) is 2.39. The van der Waals surface area contributed by atoms with E-state index in [0.29, 0.717) is 12.0 Å². The third-order valence-electron chi connectivity index (χ3n) is 2.07. The zero-order valence-corrected chi connectivity index (χ0v) is 10.6.